The van der Waals surface area contributed by atoms with Gasteiger partial charge in [-0.2, -0.15) is 0 Å². The van der Waals surface area contributed by atoms with E-state index in [0.29, 0.717) is 10.8 Å². The number of amides is 1. The topological polar surface area (TPSA) is 64.3 Å². The predicted octanol–water partition coefficient (Wildman–Crippen LogP) is 1.32. The number of carbonyl (C=O) groups excluding carboxylic acids is 1. The Morgan fingerprint density at radius 3 is 2.80 bits per heavy atom. The minimum Gasteiger partial charge on any atom is -0.496 e. The molecule has 0 saturated heterocycles. The number of hydrogen-bond donors (Lipinski definition) is 2. The highest BCUT2D eigenvalue weighted by molar-refractivity contribution is 7.80. The van der Waals surface area contributed by atoms with Gasteiger partial charge in [0.15, 0.2) is 5.11 Å². The molecule has 0 aromatic heterocycles. The Morgan fingerprint density at radius 2 is 2.27 bits per heavy atom. The van der Waals surface area contributed by atoms with E-state index in [-0.39, 0.29) is 10.7 Å². The first kappa shape index (κ1) is 11.7. The largest absolute Gasteiger partial charge is 0.496 e. The van der Waals surface area contributed by atoms with E-state index in [1.165, 1.54) is 13.2 Å². The average Bonchev–Trinajstić information content (AvgIpc) is 2.16. The molecule has 3 N–H and O–H groups in total. The highest BCUT2D eigenvalue weighted by Crippen LogP contribution is 2.22. The van der Waals surface area contributed by atoms with Gasteiger partial charge < -0.3 is 10.5 Å². The fourth-order valence-electron chi connectivity index (χ4n) is 1.04. The minimum atomic E-state index is -0.443. The molecule has 0 aliphatic heterocycles. The number of rotatable bonds is 2. The summed E-state index contributed by atoms with van der Waals surface area (Å²) in [5.74, 6) is -0.0324. The summed E-state index contributed by atoms with van der Waals surface area (Å²) in [6.07, 6.45) is 0. The van der Waals surface area contributed by atoms with Crippen molar-refractivity contribution in [2.24, 2.45) is 5.73 Å². The number of hydrogen-bond acceptors (Lipinski definition) is 3. The van der Waals surface area contributed by atoms with E-state index in [1.807, 2.05) is 0 Å². The smallest absolute Gasteiger partial charge is 0.261 e. The number of nitrogens with one attached hydrogen (secondary N) is 1. The second-order valence-corrected chi connectivity index (χ2v) is 3.54. The Hall–Kier alpha value is -1.33. The minimum absolute atomic E-state index is 0.0953. The zero-order valence-electron chi connectivity index (χ0n) is 7.91. The maximum atomic E-state index is 11.6. The quantitative estimate of drug-likeness (QED) is 0.771. The molecule has 15 heavy (non-hydrogen) atoms. The lowest BCUT2D eigenvalue weighted by Crippen LogP contribution is -2.34. The van der Waals surface area contributed by atoms with Crippen molar-refractivity contribution < 1.29 is 9.53 Å². The highest BCUT2D eigenvalue weighted by Gasteiger charge is 2.12. The summed E-state index contributed by atoms with van der Waals surface area (Å²) in [7, 11) is 1.46. The molecule has 0 spiro atoms. The monoisotopic (exact) mass is 244 g/mol. The molecule has 0 bridgehead atoms. The first-order valence-electron chi connectivity index (χ1n) is 3.99. The molecule has 0 aliphatic carbocycles. The van der Waals surface area contributed by atoms with Crippen LogP contribution in [0.25, 0.3) is 0 Å². The molecule has 0 saturated carbocycles. The molecule has 0 unspecified atom stereocenters. The number of benzene rings is 1. The molecule has 6 heteroatoms. The van der Waals surface area contributed by atoms with Crippen LogP contribution in [0.15, 0.2) is 18.2 Å². The van der Waals surface area contributed by atoms with E-state index in [9.17, 15) is 4.79 Å². The third-order valence-electron chi connectivity index (χ3n) is 1.64. The Bertz CT molecular complexity index is 409. The molecule has 0 heterocycles. The fourth-order valence-corrected chi connectivity index (χ4v) is 1.30. The molecular formula is C9H9ClN2O2S. The van der Waals surface area contributed by atoms with Crippen molar-refractivity contribution in [1.82, 2.24) is 5.32 Å². The Labute approximate surface area is 97.4 Å². The summed E-state index contributed by atoms with van der Waals surface area (Å²) in [4.78, 5) is 11.6. The van der Waals surface area contributed by atoms with Gasteiger partial charge in [-0.15, -0.1) is 0 Å². The normalized spacial score (nSPS) is 9.47. The molecule has 0 radical (unpaired) electrons. The summed E-state index contributed by atoms with van der Waals surface area (Å²) < 4.78 is 5.00. The number of methoxy groups -OCH3 is 1. The molecule has 80 valence electrons. The van der Waals surface area contributed by atoms with Gasteiger partial charge in [-0.25, -0.2) is 0 Å². The molecular weight excluding hydrogens is 236 g/mol. The lowest BCUT2D eigenvalue weighted by molar-refractivity contribution is 0.0974. The number of halogens is 1. The van der Waals surface area contributed by atoms with Crippen LogP contribution in [0.4, 0.5) is 0 Å². The Kier molecular flexibility index (Phi) is 3.88. The molecule has 1 rings (SSSR count). The number of carbonyl (C=O) groups is 1. The van der Waals surface area contributed by atoms with Crippen LogP contribution in [0.1, 0.15) is 10.4 Å². The van der Waals surface area contributed by atoms with E-state index in [2.05, 4.69) is 17.5 Å². The zero-order valence-corrected chi connectivity index (χ0v) is 9.48. The van der Waals surface area contributed by atoms with Crippen molar-refractivity contribution >= 4 is 34.8 Å². The van der Waals surface area contributed by atoms with Crippen molar-refractivity contribution in [2.45, 2.75) is 0 Å². The fraction of sp³-hybridized carbons (Fsp3) is 0.111. The van der Waals surface area contributed by atoms with Crippen molar-refractivity contribution in [3.8, 4) is 5.75 Å². The van der Waals surface area contributed by atoms with Crippen molar-refractivity contribution in [2.75, 3.05) is 7.11 Å². The Balaban J connectivity index is 3.05. The third kappa shape index (κ3) is 3.07. The second-order valence-electron chi connectivity index (χ2n) is 2.66. The Morgan fingerprint density at radius 1 is 1.60 bits per heavy atom. The lowest BCUT2D eigenvalue weighted by atomic mass is 10.2. The maximum Gasteiger partial charge on any atom is 0.261 e. The molecule has 1 aromatic rings. The van der Waals surface area contributed by atoms with Gasteiger partial charge >= 0.3 is 0 Å². The predicted molar refractivity (Wildman–Crippen MR) is 62.3 cm³/mol. The molecule has 1 amide bonds. The van der Waals surface area contributed by atoms with Gasteiger partial charge in [0.05, 0.1) is 12.7 Å². The van der Waals surface area contributed by atoms with Gasteiger partial charge in [0, 0.05) is 5.02 Å². The van der Waals surface area contributed by atoms with E-state index >= 15 is 0 Å². The van der Waals surface area contributed by atoms with Gasteiger partial charge in [-0.3, -0.25) is 10.1 Å². The van der Waals surface area contributed by atoms with E-state index in [0.717, 1.165) is 0 Å². The van der Waals surface area contributed by atoms with Crippen LogP contribution in [0, 0.1) is 0 Å². The molecule has 4 nitrogen and oxygen atoms in total. The summed E-state index contributed by atoms with van der Waals surface area (Å²) in [5, 5.41) is 2.63. The van der Waals surface area contributed by atoms with Gasteiger partial charge in [-0.1, -0.05) is 11.6 Å². The van der Waals surface area contributed by atoms with Crippen LogP contribution in [-0.4, -0.2) is 18.1 Å². The third-order valence-corrected chi connectivity index (χ3v) is 1.98. The molecule has 0 aliphatic rings. The van der Waals surface area contributed by atoms with E-state index in [4.69, 9.17) is 22.1 Å². The molecule has 0 fully saturated rings. The van der Waals surface area contributed by atoms with Crippen LogP contribution in [0.3, 0.4) is 0 Å². The number of ether oxygens (including phenoxy) is 1. The first-order chi connectivity index (χ1) is 7.04. The zero-order chi connectivity index (χ0) is 11.4. The summed E-state index contributed by atoms with van der Waals surface area (Å²) in [6.45, 7) is 0. The standard InChI is InChI=1S/C9H9ClN2O2S/c1-14-7-3-2-5(10)4-6(7)8(13)12-9(11)15/h2-4H,1H3,(H3,11,12,13,15). The molecule has 0 atom stereocenters. The first-order valence-corrected chi connectivity index (χ1v) is 4.77. The van der Waals surface area contributed by atoms with Gasteiger partial charge in [0.25, 0.3) is 5.91 Å². The average molecular weight is 245 g/mol. The van der Waals surface area contributed by atoms with Crippen LogP contribution < -0.4 is 15.8 Å². The van der Waals surface area contributed by atoms with Crippen molar-refractivity contribution in [3.05, 3.63) is 28.8 Å². The van der Waals surface area contributed by atoms with Crippen LogP contribution in [-0.2, 0) is 0 Å². The van der Waals surface area contributed by atoms with E-state index in [1.54, 1.807) is 12.1 Å². The van der Waals surface area contributed by atoms with Crippen LogP contribution in [0.2, 0.25) is 5.02 Å². The summed E-state index contributed by atoms with van der Waals surface area (Å²) in [5.41, 5.74) is 5.48. The van der Waals surface area contributed by atoms with Gasteiger partial charge in [0.2, 0.25) is 0 Å². The second kappa shape index (κ2) is 4.95. The number of nitrogens with two attached hydrogens (primary N) is 1. The van der Waals surface area contributed by atoms with Crippen LogP contribution in [0.5, 0.6) is 5.75 Å². The summed E-state index contributed by atoms with van der Waals surface area (Å²) in [6, 6.07) is 4.70. The maximum absolute atomic E-state index is 11.6. The summed E-state index contributed by atoms with van der Waals surface area (Å²) >= 11 is 10.3. The van der Waals surface area contributed by atoms with E-state index < -0.39 is 5.91 Å². The van der Waals surface area contributed by atoms with Gasteiger partial charge in [-0.05, 0) is 30.4 Å². The van der Waals surface area contributed by atoms with Crippen molar-refractivity contribution in [3.63, 3.8) is 0 Å². The van der Waals surface area contributed by atoms with Crippen molar-refractivity contribution in [1.29, 1.82) is 0 Å². The van der Waals surface area contributed by atoms with Gasteiger partial charge in [0.1, 0.15) is 5.75 Å². The SMILES string of the molecule is COc1ccc(Cl)cc1C(=O)NC(N)=S. The number of thiocarbonyl (C=S) groups is 1. The van der Waals surface area contributed by atoms with Crippen LogP contribution >= 0.6 is 23.8 Å². The highest BCUT2D eigenvalue weighted by atomic mass is 35.5. The lowest BCUT2D eigenvalue weighted by Gasteiger charge is -2.08. The molecule has 1 aromatic carbocycles.